The lowest BCUT2D eigenvalue weighted by atomic mass is 10.0. The molecule has 3 rings (SSSR count). The molecule has 130 valence electrons. The number of amides is 1. The van der Waals surface area contributed by atoms with Crippen LogP contribution in [0.2, 0.25) is 0 Å². The van der Waals surface area contributed by atoms with Gasteiger partial charge in [-0.15, -0.1) is 11.3 Å². The second-order valence-corrected chi connectivity index (χ2v) is 7.57. The van der Waals surface area contributed by atoms with Crippen molar-refractivity contribution in [2.24, 2.45) is 0 Å². The average molecular weight is 346 g/mol. The number of carbonyl (C=O) groups is 1. The fourth-order valence-corrected chi connectivity index (χ4v) is 4.59. The summed E-state index contributed by atoms with van der Waals surface area (Å²) < 4.78 is 2.18. The molecule has 3 heterocycles. The van der Waals surface area contributed by atoms with E-state index < -0.39 is 6.10 Å². The monoisotopic (exact) mass is 346 g/mol. The van der Waals surface area contributed by atoms with Crippen LogP contribution in [-0.2, 0) is 6.54 Å². The third-order valence-electron chi connectivity index (χ3n) is 5.13. The molecule has 2 aromatic rings. The Hall–Kier alpha value is -1.59. The fraction of sp³-hybridized carbons (Fsp3) is 0.526. The zero-order valence-corrected chi connectivity index (χ0v) is 15.5. The number of hydrogen-bond donors (Lipinski definition) is 1. The van der Waals surface area contributed by atoms with Gasteiger partial charge in [0.2, 0.25) is 0 Å². The molecule has 0 saturated carbocycles. The number of rotatable bonds is 5. The van der Waals surface area contributed by atoms with Crippen molar-refractivity contribution in [3.63, 3.8) is 0 Å². The Kier molecular flexibility index (Phi) is 5.11. The number of carbonyl (C=O) groups excluding carboxylic acids is 1. The minimum atomic E-state index is -0.480. The summed E-state index contributed by atoms with van der Waals surface area (Å²) in [6.45, 7) is 7.84. The van der Waals surface area contributed by atoms with E-state index in [1.165, 1.54) is 0 Å². The molecule has 2 unspecified atom stereocenters. The molecule has 2 aromatic heterocycles. The van der Waals surface area contributed by atoms with Gasteiger partial charge in [0.25, 0.3) is 5.91 Å². The molecule has 1 N–H and O–H groups in total. The highest BCUT2D eigenvalue weighted by Gasteiger charge is 2.32. The second-order valence-electron chi connectivity index (χ2n) is 6.59. The van der Waals surface area contributed by atoms with Gasteiger partial charge in [0.1, 0.15) is 0 Å². The van der Waals surface area contributed by atoms with Gasteiger partial charge in [0.05, 0.1) is 11.7 Å². The first-order chi connectivity index (χ1) is 11.5. The molecule has 5 heteroatoms. The van der Waals surface area contributed by atoms with Crippen LogP contribution in [0.1, 0.15) is 58.9 Å². The Balaban J connectivity index is 1.76. The predicted molar refractivity (Wildman–Crippen MR) is 97.5 cm³/mol. The summed E-state index contributed by atoms with van der Waals surface area (Å²) in [4.78, 5) is 16.0. The highest BCUT2D eigenvalue weighted by Crippen LogP contribution is 2.31. The predicted octanol–water partition coefficient (Wildman–Crippen LogP) is 3.91. The minimum absolute atomic E-state index is 0.115. The van der Waals surface area contributed by atoms with Crippen LogP contribution in [0.15, 0.2) is 23.6 Å². The molecule has 24 heavy (non-hydrogen) atoms. The lowest BCUT2D eigenvalue weighted by Gasteiger charge is -2.26. The van der Waals surface area contributed by atoms with E-state index >= 15 is 0 Å². The van der Waals surface area contributed by atoms with E-state index in [4.69, 9.17) is 0 Å². The standard InChI is InChI=1S/C19H26N2O2S/c1-4-20-13(2)11-16(14(20)3)19(23)21-9-5-7-15(21)12-17(22)18-8-6-10-24-18/h6,8,10-11,15,17,22H,4-5,7,9,12H2,1-3H3. The van der Waals surface area contributed by atoms with Crippen LogP contribution in [0.25, 0.3) is 0 Å². The van der Waals surface area contributed by atoms with Crippen molar-refractivity contribution < 1.29 is 9.90 Å². The zero-order valence-electron chi connectivity index (χ0n) is 14.7. The quantitative estimate of drug-likeness (QED) is 0.892. The molecule has 0 spiro atoms. The van der Waals surface area contributed by atoms with Gasteiger partial charge in [-0.25, -0.2) is 0 Å². The third-order valence-corrected chi connectivity index (χ3v) is 6.10. The van der Waals surface area contributed by atoms with Crippen molar-refractivity contribution in [3.05, 3.63) is 45.4 Å². The number of aromatic nitrogens is 1. The lowest BCUT2D eigenvalue weighted by Crippen LogP contribution is -2.36. The van der Waals surface area contributed by atoms with Crippen LogP contribution >= 0.6 is 11.3 Å². The summed E-state index contributed by atoms with van der Waals surface area (Å²) >= 11 is 1.57. The molecule has 2 atom stereocenters. The van der Waals surface area contributed by atoms with Crippen molar-refractivity contribution in [1.29, 1.82) is 0 Å². The molecule has 0 bridgehead atoms. The number of aliphatic hydroxyl groups is 1. The maximum absolute atomic E-state index is 13.1. The Bertz CT molecular complexity index is 705. The van der Waals surface area contributed by atoms with Crippen molar-refractivity contribution in [3.8, 4) is 0 Å². The number of hydrogen-bond acceptors (Lipinski definition) is 3. The summed E-state index contributed by atoms with van der Waals surface area (Å²) in [5, 5.41) is 12.4. The highest BCUT2D eigenvalue weighted by molar-refractivity contribution is 7.10. The molecule has 0 aliphatic carbocycles. The Labute approximate surface area is 147 Å². The normalized spacial score (nSPS) is 19.0. The largest absolute Gasteiger partial charge is 0.387 e. The topological polar surface area (TPSA) is 45.5 Å². The van der Waals surface area contributed by atoms with Crippen molar-refractivity contribution in [2.45, 2.75) is 58.7 Å². The molecule has 1 aliphatic heterocycles. The average Bonchev–Trinajstić information content (AvgIpc) is 3.27. The number of nitrogens with zero attached hydrogens (tertiary/aromatic N) is 2. The van der Waals surface area contributed by atoms with Crippen LogP contribution in [0, 0.1) is 13.8 Å². The molecule has 4 nitrogen and oxygen atoms in total. The summed E-state index contributed by atoms with van der Waals surface area (Å²) in [5.41, 5.74) is 2.99. The van der Waals surface area contributed by atoms with E-state index in [1.54, 1.807) is 11.3 Å². The van der Waals surface area contributed by atoms with E-state index in [0.29, 0.717) is 6.42 Å². The second kappa shape index (κ2) is 7.11. The number of likely N-dealkylation sites (tertiary alicyclic amines) is 1. The number of thiophene rings is 1. The molecule has 1 aliphatic rings. The summed E-state index contributed by atoms with van der Waals surface area (Å²) in [7, 11) is 0. The smallest absolute Gasteiger partial charge is 0.255 e. The summed E-state index contributed by atoms with van der Waals surface area (Å²) in [6, 6.07) is 6.05. The van der Waals surface area contributed by atoms with Crippen molar-refractivity contribution in [2.75, 3.05) is 6.54 Å². The molecule has 1 saturated heterocycles. The van der Waals surface area contributed by atoms with E-state index in [0.717, 1.165) is 47.8 Å². The van der Waals surface area contributed by atoms with Crippen LogP contribution in [-0.4, -0.2) is 33.1 Å². The first-order valence-corrected chi connectivity index (χ1v) is 9.60. The third kappa shape index (κ3) is 3.15. The molecule has 1 fully saturated rings. The lowest BCUT2D eigenvalue weighted by molar-refractivity contribution is 0.0669. The van der Waals surface area contributed by atoms with Crippen LogP contribution < -0.4 is 0 Å². The van der Waals surface area contributed by atoms with Crippen molar-refractivity contribution in [1.82, 2.24) is 9.47 Å². The maximum atomic E-state index is 13.1. The van der Waals surface area contributed by atoms with Gasteiger partial charge >= 0.3 is 0 Å². The van der Waals surface area contributed by atoms with Gasteiger partial charge in [-0.3, -0.25) is 4.79 Å². The fourth-order valence-electron chi connectivity index (χ4n) is 3.86. The van der Waals surface area contributed by atoms with Crippen LogP contribution in [0.4, 0.5) is 0 Å². The molecular weight excluding hydrogens is 320 g/mol. The summed E-state index contributed by atoms with van der Waals surface area (Å²) in [6.07, 6.45) is 2.13. The summed E-state index contributed by atoms with van der Waals surface area (Å²) in [5.74, 6) is 0.115. The first-order valence-electron chi connectivity index (χ1n) is 8.72. The molecule has 0 aromatic carbocycles. The van der Waals surface area contributed by atoms with E-state index in [-0.39, 0.29) is 11.9 Å². The Morgan fingerprint density at radius 3 is 2.88 bits per heavy atom. The van der Waals surface area contributed by atoms with Gasteiger partial charge in [0, 0.05) is 35.4 Å². The van der Waals surface area contributed by atoms with Gasteiger partial charge < -0.3 is 14.6 Å². The van der Waals surface area contributed by atoms with Gasteiger partial charge in [-0.2, -0.15) is 0 Å². The SMILES string of the molecule is CCn1c(C)cc(C(=O)N2CCCC2CC(O)c2cccs2)c1C. The van der Waals surface area contributed by atoms with Gasteiger partial charge in [-0.05, 0) is 57.5 Å². The van der Waals surface area contributed by atoms with Gasteiger partial charge in [-0.1, -0.05) is 6.07 Å². The molecular formula is C19H26N2O2S. The zero-order chi connectivity index (χ0) is 17.3. The molecule has 0 radical (unpaired) electrons. The van der Waals surface area contributed by atoms with Crippen molar-refractivity contribution >= 4 is 17.2 Å². The molecule has 1 amide bonds. The van der Waals surface area contributed by atoms with E-state index in [2.05, 4.69) is 18.4 Å². The van der Waals surface area contributed by atoms with Gasteiger partial charge in [0.15, 0.2) is 0 Å². The maximum Gasteiger partial charge on any atom is 0.255 e. The first kappa shape index (κ1) is 17.2. The minimum Gasteiger partial charge on any atom is -0.387 e. The number of aliphatic hydroxyl groups excluding tert-OH is 1. The van der Waals surface area contributed by atoms with Crippen LogP contribution in [0.3, 0.4) is 0 Å². The number of aryl methyl sites for hydroxylation is 1. The Morgan fingerprint density at radius 1 is 1.46 bits per heavy atom. The van der Waals surface area contributed by atoms with E-state index in [1.807, 2.05) is 35.4 Å². The highest BCUT2D eigenvalue weighted by atomic mass is 32.1. The Morgan fingerprint density at radius 2 is 2.25 bits per heavy atom. The van der Waals surface area contributed by atoms with Crippen LogP contribution in [0.5, 0.6) is 0 Å². The van der Waals surface area contributed by atoms with E-state index in [9.17, 15) is 9.90 Å².